The molecule has 0 unspecified atom stereocenters. The monoisotopic (exact) mass is 288 g/mol. The van der Waals surface area contributed by atoms with Gasteiger partial charge in [-0.15, -0.1) is 0 Å². The number of hydrogen-bond donors (Lipinski definition) is 1. The molecule has 7 nitrogen and oxygen atoms in total. The van der Waals surface area contributed by atoms with E-state index in [0.717, 1.165) is 6.20 Å². The van der Waals surface area contributed by atoms with Gasteiger partial charge >= 0.3 is 5.97 Å². The Morgan fingerprint density at radius 1 is 1.38 bits per heavy atom. The molecule has 0 spiro atoms. The molecule has 0 amide bonds. The minimum atomic E-state index is -1.05. The first-order chi connectivity index (χ1) is 9.90. The number of nitrogens with zero attached hydrogens (tertiary/aromatic N) is 2. The third kappa shape index (κ3) is 2.97. The average molecular weight is 288 g/mol. The lowest BCUT2D eigenvalue weighted by Crippen LogP contribution is -2.02. The maximum Gasteiger partial charge on any atom is 0.336 e. The molecule has 21 heavy (non-hydrogen) atoms. The van der Waals surface area contributed by atoms with Gasteiger partial charge in [-0.25, -0.2) is 9.78 Å². The lowest BCUT2D eigenvalue weighted by molar-refractivity contribution is -0.385. The zero-order chi connectivity index (χ0) is 15.6. The fraction of sp³-hybridized carbons (Fsp3) is 0.143. The molecule has 1 aromatic carbocycles. The molecule has 0 fully saturated rings. The number of hydrogen-bond acceptors (Lipinski definition) is 5. The van der Waals surface area contributed by atoms with Gasteiger partial charge in [0.25, 0.3) is 5.69 Å². The summed E-state index contributed by atoms with van der Waals surface area (Å²) in [5.74, 6) is -0.503. The second-order valence-corrected chi connectivity index (χ2v) is 4.41. The van der Waals surface area contributed by atoms with Crippen molar-refractivity contribution in [1.29, 1.82) is 0 Å². The van der Waals surface area contributed by atoms with Gasteiger partial charge in [0.2, 0.25) is 5.88 Å². The van der Waals surface area contributed by atoms with E-state index in [1.807, 2.05) is 0 Å². The van der Waals surface area contributed by atoms with Crippen LogP contribution in [-0.4, -0.2) is 21.0 Å². The van der Waals surface area contributed by atoms with E-state index in [4.69, 9.17) is 9.84 Å². The van der Waals surface area contributed by atoms with Gasteiger partial charge in [0.1, 0.15) is 11.9 Å². The molecule has 0 bridgehead atoms. The summed E-state index contributed by atoms with van der Waals surface area (Å²) in [6, 6.07) is 6.00. The Balaban J connectivity index is 2.37. The standard InChI is InChI=1S/C14H12N2O5/c1-8-6-10(16(19)20)7-15-13(8)21-12-5-3-4-11(9(12)2)14(17)18/h3-7H,1-2H3,(H,17,18). The number of carboxylic acids is 1. The summed E-state index contributed by atoms with van der Waals surface area (Å²) in [6.45, 7) is 3.26. The van der Waals surface area contributed by atoms with Crippen LogP contribution < -0.4 is 4.74 Å². The number of aryl methyl sites for hydroxylation is 1. The first kappa shape index (κ1) is 14.4. The largest absolute Gasteiger partial charge is 0.478 e. The van der Waals surface area contributed by atoms with Crippen LogP contribution in [0, 0.1) is 24.0 Å². The maximum atomic E-state index is 11.1. The fourth-order valence-electron chi connectivity index (χ4n) is 1.81. The third-order valence-electron chi connectivity index (χ3n) is 2.95. The number of pyridine rings is 1. The Kier molecular flexibility index (Phi) is 3.84. The summed E-state index contributed by atoms with van der Waals surface area (Å²) in [4.78, 5) is 25.1. The minimum absolute atomic E-state index is 0.129. The molecule has 0 aliphatic carbocycles. The van der Waals surface area contributed by atoms with Crippen molar-refractivity contribution in [3.8, 4) is 11.6 Å². The van der Waals surface area contributed by atoms with Crippen LogP contribution in [-0.2, 0) is 0 Å². The van der Waals surface area contributed by atoms with Crippen molar-refractivity contribution in [2.24, 2.45) is 0 Å². The van der Waals surface area contributed by atoms with Crippen LogP contribution in [0.1, 0.15) is 21.5 Å². The van der Waals surface area contributed by atoms with E-state index in [9.17, 15) is 14.9 Å². The molecule has 1 aromatic heterocycles. The first-order valence-electron chi connectivity index (χ1n) is 6.02. The summed E-state index contributed by atoms with van der Waals surface area (Å²) in [6.07, 6.45) is 1.10. The predicted octanol–water partition coefficient (Wildman–Crippen LogP) is 3.10. The molecule has 2 rings (SSSR count). The molecule has 1 N–H and O–H groups in total. The van der Waals surface area contributed by atoms with Gasteiger partial charge in [-0.2, -0.15) is 0 Å². The first-order valence-corrected chi connectivity index (χ1v) is 6.02. The van der Waals surface area contributed by atoms with E-state index in [0.29, 0.717) is 16.9 Å². The van der Waals surface area contributed by atoms with Gasteiger partial charge in [-0.3, -0.25) is 10.1 Å². The number of nitro groups is 1. The van der Waals surface area contributed by atoms with Gasteiger partial charge in [0, 0.05) is 17.2 Å². The molecule has 1 heterocycles. The number of ether oxygens (including phenoxy) is 1. The average Bonchev–Trinajstić information content (AvgIpc) is 2.42. The predicted molar refractivity (Wildman–Crippen MR) is 73.8 cm³/mol. The molecular weight excluding hydrogens is 276 g/mol. The number of rotatable bonds is 4. The van der Waals surface area contributed by atoms with Crippen LogP contribution >= 0.6 is 0 Å². The Labute approximate surface area is 120 Å². The molecule has 108 valence electrons. The van der Waals surface area contributed by atoms with Crippen molar-refractivity contribution in [2.45, 2.75) is 13.8 Å². The number of aromatic nitrogens is 1. The Morgan fingerprint density at radius 3 is 2.67 bits per heavy atom. The highest BCUT2D eigenvalue weighted by molar-refractivity contribution is 5.90. The Morgan fingerprint density at radius 2 is 2.10 bits per heavy atom. The molecule has 2 aromatic rings. The van der Waals surface area contributed by atoms with Crippen LogP contribution in [0.5, 0.6) is 11.6 Å². The van der Waals surface area contributed by atoms with E-state index in [2.05, 4.69) is 4.98 Å². The number of carboxylic acid groups (broad SMARTS) is 1. The van der Waals surface area contributed by atoms with Gasteiger partial charge in [0.15, 0.2) is 0 Å². The SMILES string of the molecule is Cc1cc([N+](=O)[O-])cnc1Oc1cccc(C(=O)O)c1C. The zero-order valence-electron chi connectivity index (χ0n) is 11.4. The summed E-state index contributed by atoms with van der Waals surface area (Å²) in [5.41, 5.74) is 0.955. The van der Waals surface area contributed by atoms with Crippen LogP contribution in [0.25, 0.3) is 0 Å². The highest BCUT2D eigenvalue weighted by atomic mass is 16.6. The summed E-state index contributed by atoms with van der Waals surface area (Å²) >= 11 is 0. The van der Waals surface area contributed by atoms with Crippen LogP contribution in [0.4, 0.5) is 5.69 Å². The molecule has 7 heteroatoms. The second kappa shape index (κ2) is 5.58. The van der Waals surface area contributed by atoms with E-state index >= 15 is 0 Å². The lowest BCUT2D eigenvalue weighted by Gasteiger charge is -2.11. The summed E-state index contributed by atoms with van der Waals surface area (Å²) in [5, 5.41) is 19.7. The van der Waals surface area contributed by atoms with Gasteiger partial charge in [-0.1, -0.05) is 6.07 Å². The summed E-state index contributed by atoms with van der Waals surface area (Å²) in [7, 11) is 0. The fourth-order valence-corrected chi connectivity index (χ4v) is 1.81. The highest BCUT2D eigenvalue weighted by Gasteiger charge is 2.14. The lowest BCUT2D eigenvalue weighted by atomic mass is 10.1. The summed E-state index contributed by atoms with van der Waals surface area (Å²) < 4.78 is 5.57. The normalized spacial score (nSPS) is 10.2. The molecule has 0 aliphatic heterocycles. The second-order valence-electron chi connectivity index (χ2n) is 4.41. The van der Waals surface area contributed by atoms with Crippen molar-refractivity contribution in [1.82, 2.24) is 4.98 Å². The molecule has 0 saturated heterocycles. The van der Waals surface area contributed by atoms with Crippen molar-refractivity contribution in [2.75, 3.05) is 0 Å². The van der Waals surface area contributed by atoms with Crippen LogP contribution in [0.3, 0.4) is 0 Å². The third-order valence-corrected chi connectivity index (χ3v) is 2.95. The van der Waals surface area contributed by atoms with Crippen molar-refractivity contribution < 1.29 is 19.6 Å². The topological polar surface area (TPSA) is 103 Å². The van der Waals surface area contributed by atoms with E-state index < -0.39 is 10.9 Å². The zero-order valence-corrected chi connectivity index (χ0v) is 11.4. The van der Waals surface area contributed by atoms with Crippen LogP contribution in [0.15, 0.2) is 30.5 Å². The minimum Gasteiger partial charge on any atom is -0.478 e. The van der Waals surface area contributed by atoms with Crippen molar-refractivity contribution in [3.05, 3.63) is 57.3 Å². The molecule has 0 radical (unpaired) electrons. The Bertz CT molecular complexity index is 727. The number of aromatic carboxylic acids is 1. The molecule has 0 aliphatic rings. The van der Waals surface area contributed by atoms with E-state index in [1.165, 1.54) is 12.1 Å². The van der Waals surface area contributed by atoms with Crippen molar-refractivity contribution >= 4 is 11.7 Å². The maximum absolute atomic E-state index is 11.1. The Hall–Kier alpha value is -2.96. The smallest absolute Gasteiger partial charge is 0.336 e. The molecule has 0 atom stereocenters. The molecule has 0 saturated carbocycles. The quantitative estimate of drug-likeness (QED) is 0.685. The van der Waals surface area contributed by atoms with Gasteiger partial charge < -0.3 is 9.84 Å². The van der Waals surface area contributed by atoms with E-state index in [1.54, 1.807) is 26.0 Å². The highest BCUT2D eigenvalue weighted by Crippen LogP contribution is 2.29. The van der Waals surface area contributed by atoms with E-state index in [-0.39, 0.29) is 17.1 Å². The van der Waals surface area contributed by atoms with Crippen LogP contribution in [0.2, 0.25) is 0 Å². The number of carbonyl (C=O) groups is 1. The number of benzene rings is 1. The van der Waals surface area contributed by atoms with Crippen molar-refractivity contribution in [3.63, 3.8) is 0 Å². The van der Waals surface area contributed by atoms with Gasteiger partial charge in [0.05, 0.1) is 10.5 Å². The van der Waals surface area contributed by atoms with Gasteiger partial charge in [-0.05, 0) is 26.0 Å². The molecular formula is C14H12N2O5.